The number of aliphatic hydroxyl groups excluding tert-OH is 1. The van der Waals surface area contributed by atoms with Gasteiger partial charge in [-0.25, -0.2) is 4.79 Å². The number of rotatable bonds is 4. The molecule has 0 aliphatic carbocycles. The number of carbonyl (C=O) groups is 1. The van der Waals surface area contributed by atoms with Crippen LogP contribution in [-0.4, -0.2) is 22.8 Å². The van der Waals surface area contributed by atoms with Gasteiger partial charge in [-0.2, -0.15) is 0 Å². The second kappa shape index (κ2) is 6.20. The molecule has 0 aromatic heterocycles. The molecule has 0 fully saturated rings. The monoisotopic (exact) mass is 182 g/mol. The first-order valence-electron chi connectivity index (χ1n) is 3.92. The zero-order valence-corrected chi connectivity index (χ0v) is 7.82. The molecule has 0 rings (SSSR count). The fourth-order valence-corrected chi connectivity index (χ4v) is 0.660. The number of hydrogen-bond donors (Lipinski definition) is 2. The number of aliphatic hydroxyl groups is 1. The summed E-state index contributed by atoms with van der Waals surface area (Å²) in [5.74, 6) is -0.954. The maximum atomic E-state index is 10.2. The Bertz CT molecular complexity index is 259. The van der Waals surface area contributed by atoms with Gasteiger partial charge >= 0.3 is 5.97 Å². The van der Waals surface area contributed by atoms with Gasteiger partial charge in [0.25, 0.3) is 0 Å². The van der Waals surface area contributed by atoms with Crippen LogP contribution in [0.5, 0.6) is 0 Å². The van der Waals surface area contributed by atoms with Crippen LogP contribution in [0.4, 0.5) is 0 Å². The number of allylic oxidation sites excluding steroid dienone is 4. The molecule has 13 heavy (non-hydrogen) atoms. The summed E-state index contributed by atoms with van der Waals surface area (Å²) in [6.45, 7) is 3.51. The Balaban J connectivity index is 4.21. The van der Waals surface area contributed by atoms with E-state index in [1.807, 2.05) is 0 Å². The van der Waals surface area contributed by atoms with Gasteiger partial charge in [0.05, 0.1) is 6.61 Å². The van der Waals surface area contributed by atoms with Gasteiger partial charge in [-0.3, -0.25) is 0 Å². The predicted molar refractivity (Wildman–Crippen MR) is 51.4 cm³/mol. The third kappa shape index (κ3) is 7.03. The minimum atomic E-state index is -0.954. The lowest BCUT2D eigenvalue weighted by Crippen LogP contribution is -1.87. The fraction of sp³-hybridized carbons (Fsp3) is 0.300. The number of hydrogen-bond acceptors (Lipinski definition) is 2. The molecule has 72 valence electrons. The van der Waals surface area contributed by atoms with E-state index in [0.29, 0.717) is 5.57 Å². The lowest BCUT2D eigenvalue weighted by atomic mass is 10.2. The van der Waals surface area contributed by atoms with Gasteiger partial charge in [-0.05, 0) is 25.0 Å². The molecule has 0 saturated carbocycles. The molecule has 3 heteroatoms. The molecule has 0 spiro atoms. The molecule has 0 aromatic rings. The fourth-order valence-electron chi connectivity index (χ4n) is 0.660. The quantitative estimate of drug-likeness (QED) is 0.512. The van der Waals surface area contributed by atoms with Gasteiger partial charge in [0.15, 0.2) is 0 Å². The highest BCUT2D eigenvalue weighted by Crippen LogP contribution is 1.97. The number of aliphatic carboxylic acids is 1. The van der Waals surface area contributed by atoms with E-state index >= 15 is 0 Å². The van der Waals surface area contributed by atoms with E-state index in [0.717, 1.165) is 11.6 Å². The summed E-state index contributed by atoms with van der Waals surface area (Å²) in [7, 11) is 0. The van der Waals surface area contributed by atoms with Crippen LogP contribution in [0.1, 0.15) is 13.8 Å². The van der Waals surface area contributed by atoms with Gasteiger partial charge in [0.2, 0.25) is 0 Å². The first kappa shape index (κ1) is 11.6. The highest BCUT2D eigenvalue weighted by Gasteiger charge is 1.88. The van der Waals surface area contributed by atoms with Crippen molar-refractivity contribution in [2.45, 2.75) is 13.8 Å². The van der Waals surface area contributed by atoms with Crippen LogP contribution in [0, 0.1) is 0 Å². The Hall–Kier alpha value is -1.35. The molecule has 0 amide bonds. The first-order valence-corrected chi connectivity index (χ1v) is 3.92. The van der Waals surface area contributed by atoms with E-state index in [1.165, 1.54) is 0 Å². The summed E-state index contributed by atoms with van der Waals surface area (Å²) in [6.07, 6.45) is 6.24. The topological polar surface area (TPSA) is 57.5 Å². The van der Waals surface area contributed by atoms with Crippen molar-refractivity contribution in [1.82, 2.24) is 0 Å². The minimum absolute atomic E-state index is 0.0199. The van der Waals surface area contributed by atoms with Crippen molar-refractivity contribution in [3.63, 3.8) is 0 Å². The molecule has 0 atom stereocenters. The van der Waals surface area contributed by atoms with Crippen LogP contribution in [-0.2, 0) is 4.79 Å². The number of carboxylic acid groups (broad SMARTS) is 1. The zero-order chi connectivity index (χ0) is 10.3. The molecule has 0 unspecified atom stereocenters. The van der Waals surface area contributed by atoms with Crippen LogP contribution >= 0.6 is 0 Å². The predicted octanol–water partition coefficient (Wildman–Crippen LogP) is 1.51. The Morgan fingerprint density at radius 2 is 2.00 bits per heavy atom. The van der Waals surface area contributed by atoms with Gasteiger partial charge in [0.1, 0.15) is 0 Å². The summed E-state index contributed by atoms with van der Waals surface area (Å²) < 4.78 is 0. The van der Waals surface area contributed by atoms with Crippen LogP contribution < -0.4 is 0 Å². The van der Waals surface area contributed by atoms with Gasteiger partial charge < -0.3 is 10.2 Å². The van der Waals surface area contributed by atoms with E-state index in [1.54, 1.807) is 32.1 Å². The SMILES string of the molecule is CC(C=CC=C(C)CO)=CC(=O)O. The third-order valence-electron chi connectivity index (χ3n) is 1.34. The lowest BCUT2D eigenvalue weighted by Gasteiger charge is -1.90. The van der Waals surface area contributed by atoms with Gasteiger partial charge in [-0.15, -0.1) is 0 Å². The molecule has 0 aromatic carbocycles. The summed E-state index contributed by atoms with van der Waals surface area (Å²) in [5, 5.41) is 17.0. The third-order valence-corrected chi connectivity index (χ3v) is 1.34. The van der Waals surface area contributed by atoms with Crippen LogP contribution in [0.2, 0.25) is 0 Å². The van der Waals surface area contributed by atoms with E-state index in [4.69, 9.17) is 10.2 Å². The smallest absolute Gasteiger partial charge is 0.328 e. The molecular weight excluding hydrogens is 168 g/mol. The van der Waals surface area contributed by atoms with Crippen LogP contribution in [0.25, 0.3) is 0 Å². The summed E-state index contributed by atoms with van der Waals surface area (Å²) in [4.78, 5) is 10.2. The molecule has 0 aliphatic rings. The number of carboxylic acids is 1. The molecule has 3 nitrogen and oxygen atoms in total. The van der Waals surface area contributed by atoms with Crippen molar-refractivity contribution < 1.29 is 15.0 Å². The van der Waals surface area contributed by atoms with Crippen molar-refractivity contribution >= 4 is 5.97 Å². The first-order chi connectivity index (χ1) is 6.06. The van der Waals surface area contributed by atoms with E-state index in [9.17, 15) is 4.79 Å². The normalized spacial score (nSPS) is 13.8. The molecule has 0 heterocycles. The Morgan fingerprint density at radius 3 is 2.46 bits per heavy atom. The standard InChI is InChI=1S/C10H14O3/c1-8(6-10(12)13)4-3-5-9(2)7-11/h3-6,11H,7H2,1-2H3,(H,12,13). The molecule has 0 bridgehead atoms. The minimum Gasteiger partial charge on any atom is -0.478 e. The van der Waals surface area contributed by atoms with Crippen LogP contribution in [0.3, 0.4) is 0 Å². The lowest BCUT2D eigenvalue weighted by molar-refractivity contribution is -0.131. The molecule has 0 aliphatic heterocycles. The average molecular weight is 182 g/mol. The Morgan fingerprint density at radius 1 is 1.38 bits per heavy atom. The zero-order valence-electron chi connectivity index (χ0n) is 7.82. The average Bonchev–Trinajstić information content (AvgIpc) is 2.02. The second-order valence-corrected chi connectivity index (χ2v) is 2.76. The molecule has 2 N–H and O–H groups in total. The highest BCUT2D eigenvalue weighted by molar-refractivity contribution is 5.81. The van der Waals surface area contributed by atoms with E-state index in [2.05, 4.69) is 0 Å². The molecule has 0 radical (unpaired) electrons. The summed E-state index contributed by atoms with van der Waals surface area (Å²) in [5.41, 5.74) is 1.49. The largest absolute Gasteiger partial charge is 0.478 e. The molecule has 0 saturated heterocycles. The van der Waals surface area contributed by atoms with E-state index in [-0.39, 0.29) is 6.61 Å². The Kier molecular flexibility index (Phi) is 5.55. The maximum absolute atomic E-state index is 10.2. The van der Waals surface area contributed by atoms with Crippen molar-refractivity contribution in [2.75, 3.05) is 6.61 Å². The Labute approximate surface area is 77.7 Å². The summed E-state index contributed by atoms with van der Waals surface area (Å²) >= 11 is 0. The summed E-state index contributed by atoms with van der Waals surface area (Å²) in [6, 6.07) is 0. The maximum Gasteiger partial charge on any atom is 0.328 e. The van der Waals surface area contributed by atoms with Gasteiger partial charge in [-0.1, -0.05) is 18.2 Å². The van der Waals surface area contributed by atoms with E-state index < -0.39 is 5.97 Å². The second-order valence-electron chi connectivity index (χ2n) is 2.76. The highest BCUT2D eigenvalue weighted by atomic mass is 16.4. The van der Waals surface area contributed by atoms with Crippen molar-refractivity contribution in [3.8, 4) is 0 Å². The van der Waals surface area contributed by atoms with Gasteiger partial charge in [0, 0.05) is 6.08 Å². The molecular formula is C10H14O3. The van der Waals surface area contributed by atoms with Crippen molar-refractivity contribution in [2.24, 2.45) is 0 Å². The van der Waals surface area contributed by atoms with Crippen LogP contribution in [0.15, 0.2) is 35.5 Å². The van der Waals surface area contributed by atoms with Crippen molar-refractivity contribution in [1.29, 1.82) is 0 Å². The van der Waals surface area contributed by atoms with Crippen molar-refractivity contribution in [3.05, 3.63) is 35.5 Å².